The SMILES string of the molecule is COc1cc(/C=C2\C(=O)N(c3ccccc3)N=C2C)ccc1OCC(C)C. The number of ether oxygens (including phenoxy) is 2. The molecule has 3 rings (SSSR count). The molecule has 0 aromatic heterocycles. The van der Waals surface area contributed by atoms with E-state index in [0.29, 0.717) is 35.3 Å². The van der Waals surface area contributed by atoms with Gasteiger partial charge in [0.25, 0.3) is 5.91 Å². The van der Waals surface area contributed by atoms with Crippen molar-refractivity contribution in [2.24, 2.45) is 11.0 Å². The predicted molar refractivity (Wildman–Crippen MR) is 108 cm³/mol. The Labute approximate surface area is 159 Å². The van der Waals surface area contributed by atoms with Crippen LogP contribution in [0.4, 0.5) is 5.69 Å². The Bertz CT molecular complexity index is 886. The molecular formula is C22H24N2O3. The fourth-order valence-electron chi connectivity index (χ4n) is 2.74. The number of para-hydroxylation sites is 1. The van der Waals surface area contributed by atoms with Crippen molar-refractivity contribution in [3.8, 4) is 11.5 Å². The Hall–Kier alpha value is -3.08. The number of hydrogen-bond acceptors (Lipinski definition) is 4. The summed E-state index contributed by atoms with van der Waals surface area (Å²) in [6.45, 7) is 6.65. The van der Waals surface area contributed by atoms with Crippen LogP contribution in [-0.4, -0.2) is 25.3 Å². The molecule has 140 valence electrons. The van der Waals surface area contributed by atoms with Crippen molar-refractivity contribution in [1.82, 2.24) is 0 Å². The second kappa shape index (κ2) is 8.08. The molecule has 5 nitrogen and oxygen atoms in total. The van der Waals surface area contributed by atoms with Crippen LogP contribution in [0.5, 0.6) is 11.5 Å². The molecule has 0 N–H and O–H groups in total. The maximum absolute atomic E-state index is 12.8. The van der Waals surface area contributed by atoms with Gasteiger partial charge < -0.3 is 9.47 Å². The highest BCUT2D eigenvalue weighted by Gasteiger charge is 2.28. The number of carbonyl (C=O) groups excluding carboxylic acids is 1. The zero-order chi connectivity index (χ0) is 19.4. The van der Waals surface area contributed by atoms with E-state index >= 15 is 0 Å². The molecule has 0 bridgehead atoms. The highest BCUT2D eigenvalue weighted by molar-refractivity contribution is 6.32. The smallest absolute Gasteiger partial charge is 0.280 e. The summed E-state index contributed by atoms with van der Waals surface area (Å²) in [6.07, 6.45) is 1.83. The van der Waals surface area contributed by atoms with E-state index in [1.54, 1.807) is 7.11 Å². The maximum Gasteiger partial charge on any atom is 0.280 e. The van der Waals surface area contributed by atoms with Crippen LogP contribution in [0.2, 0.25) is 0 Å². The van der Waals surface area contributed by atoms with Gasteiger partial charge in [0.1, 0.15) is 0 Å². The van der Waals surface area contributed by atoms with Gasteiger partial charge in [-0.25, -0.2) is 0 Å². The standard InChI is InChI=1S/C22H24N2O3/c1-15(2)14-27-20-11-10-17(13-21(20)26-4)12-19-16(3)23-24(22(19)25)18-8-6-5-7-9-18/h5-13,15H,14H2,1-4H3/b19-12-. The van der Waals surface area contributed by atoms with E-state index in [1.807, 2.05) is 61.5 Å². The van der Waals surface area contributed by atoms with Crippen molar-refractivity contribution in [2.45, 2.75) is 20.8 Å². The molecule has 0 saturated carbocycles. The fourth-order valence-corrected chi connectivity index (χ4v) is 2.74. The van der Waals surface area contributed by atoms with Crippen LogP contribution in [0.1, 0.15) is 26.3 Å². The molecule has 1 aliphatic rings. The highest BCUT2D eigenvalue weighted by Crippen LogP contribution is 2.31. The molecule has 0 aliphatic carbocycles. The maximum atomic E-state index is 12.8. The van der Waals surface area contributed by atoms with E-state index in [-0.39, 0.29) is 5.91 Å². The summed E-state index contributed by atoms with van der Waals surface area (Å²) in [5.74, 6) is 1.63. The van der Waals surface area contributed by atoms with Crippen molar-refractivity contribution >= 4 is 23.4 Å². The van der Waals surface area contributed by atoms with E-state index < -0.39 is 0 Å². The molecule has 0 fully saturated rings. The first-order valence-electron chi connectivity index (χ1n) is 8.97. The van der Waals surface area contributed by atoms with Crippen molar-refractivity contribution in [1.29, 1.82) is 0 Å². The molecule has 5 heteroatoms. The van der Waals surface area contributed by atoms with Gasteiger partial charge in [0.2, 0.25) is 0 Å². The van der Waals surface area contributed by atoms with Crippen LogP contribution in [0.25, 0.3) is 6.08 Å². The number of benzene rings is 2. The second-order valence-electron chi connectivity index (χ2n) is 6.81. The predicted octanol–water partition coefficient (Wildman–Crippen LogP) is 4.54. The minimum atomic E-state index is -0.141. The third kappa shape index (κ3) is 4.19. The van der Waals surface area contributed by atoms with E-state index in [0.717, 1.165) is 11.3 Å². The quantitative estimate of drug-likeness (QED) is 0.707. The minimum Gasteiger partial charge on any atom is -0.493 e. The lowest BCUT2D eigenvalue weighted by Crippen LogP contribution is -2.21. The van der Waals surface area contributed by atoms with E-state index in [9.17, 15) is 4.79 Å². The Morgan fingerprint density at radius 2 is 1.85 bits per heavy atom. The Kier molecular flexibility index (Phi) is 5.60. The molecule has 0 atom stereocenters. The molecular weight excluding hydrogens is 340 g/mol. The van der Waals surface area contributed by atoms with Gasteiger partial charge >= 0.3 is 0 Å². The number of carbonyl (C=O) groups is 1. The molecule has 1 aliphatic heterocycles. The summed E-state index contributed by atoms with van der Waals surface area (Å²) in [5.41, 5.74) is 2.86. The lowest BCUT2D eigenvalue weighted by Gasteiger charge is -2.13. The van der Waals surface area contributed by atoms with Gasteiger partial charge in [-0.3, -0.25) is 4.79 Å². The zero-order valence-corrected chi connectivity index (χ0v) is 16.1. The van der Waals surface area contributed by atoms with Crippen LogP contribution in [-0.2, 0) is 4.79 Å². The van der Waals surface area contributed by atoms with E-state index in [2.05, 4.69) is 18.9 Å². The monoisotopic (exact) mass is 364 g/mol. The summed E-state index contributed by atoms with van der Waals surface area (Å²) in [7, 11) is 1.61. The first kappa shape index (κ1) is 18.7. The minimum absolute atomic E-state index is 0.141. The number of amides is 1. The van der Waals surface area contributed by atoms with Crippen LogP contribution in [0.15, 0.2) is 59.2 Å². The van der Waals surface area contributed by atoms with E-state index in [1.165, 1.54) is 5.01 Å². The Morgan fingerprint density at radius 3 is 2.52 bits per heavy atom. The molecule has 1 heterocycles. The van der Waals surface area contributed by atoms with Gasteiger partial charge in [0.15, 0.2) is 11.5 Å². The number of hydrogen-bond donors (Lipinski definition) is 0. The topological polar surface area (TPSA) is 51.1 Å². The molecule has 27 heavy (non-hydrogen) atoms. The second-order valence-corrected chi connectivity index (χ2v) is 6.81. The number of methoxy groups -OCH3 is 1. The van der Waals surface area contributed by atoms with Gasteiger partial charge in [0.05, 0.1) is 30.7 Å². The van der Waals surface area contributed by atoms with Gasteiger partial charge in [0, 0.05) is 0 Å². The molecule has 0 unspecified atom stereocenters. The van der Waals surface area contributed by atoms with Crippen molar-refractivity contribution in [3.05, 3.63) is 59.7 Å². The fraction of sp³-hybridized carbons (Fsp3) is 0.273. The largest absolute Gasteiger partial charge is 0.493 e. The normalized spacial score (nSPS) is 15.4. The Morgan fingerprint density at radius 1 is 1.11 bits per heavy atom. The number of anilines is 1. The first-order valence-corrected chi connectivity index (χ1v) is 8.97. The summed E-state index contributed by atoms with van der Waals surface area (Å²) >= 11 is 0. The van der Waals surface area contributed by atoms with E-state index in [4.69, 9.17) is 9.47 Å². The average Bonchev–Trinajstić information content (AvgIpc) is 2.95. The van der Waals surface area contributed by atoms with Crippen molar-refractivity contribution in [2.75, 3.05) is 18.7 Å². The summed E-state index contributed by atoms with van der Waals surface area (Å²) in [5, 5.41) is 5.83. The Balaban J connectivity index is 1.86. The molecule has 0 spiro atoms. The highest BCUT2D eigenvalue weighted by atomic mass is 16.5. The number of nitrogens with zero attached hydrogens (tertiary/aromatic N) is 2. The van der Waals surface area contributed by atoms with Crippen molar-refractivity contribution in [3.63, 3.8) is 0 Å². The third-order valence-electron chi connectivity index (χ3n) is 4.13. The molecule has 0 radical (unpaired) electrons. The van der Waals surface area contributed by atoms with Crippen molar-refractivity contribution < 1.29 is 14.3 Å². The summed E-state index contributed by atoms with van der Waals surface area (Å²) < 4.78 is 11.2. The lowest BCUT2D eigenvalue weighted by molar-refractivity contribution is -0.114. The molecule has 2 aromatic carbocycles. The zero-order valence-electron chi connectivity index (χ0n) is 16.1. The van der Waals surface area contributed by atoms with Gasteiger partial charge in [-0.15, -0.1) is 0 Å². The molecule has 1 amide bonds. The average molecular weight is 364 g/mol. The summed E-state index contributed by atoms with van der Waals surface area (Å²) in [4.78, 5) is 12.8. The van der Waals surface area contributed by atoms with Crippen LogP contribution < -0.4 is 14.5 Å². The lowest BCUT2D eigenvalue weighted by atomic mass is 10.1. The van der Waals surface area contributed by atoms with Gasteiger partial charge in [-0.1, -0.05) is 38.1 Å². The van der Waals surface area contributed by atoms with Crippen LogP contribution in [0, 0.1) is 5.92 Å². The van der Waals surface area contributed by atoms with Gasteiger partial charge in [-0.05, 0) is 48.7 Å². The van der Waals surface area contributed by atoms with Gasteiger partial charge in [-0.2, -0.15) is 10.1 Å². The number of hydrazone groups is 1. The summed E-state index contributed by atoms with van der Waals surface area (Å²) in [6, 6.07) is 15.1. The third-order valence-corrected chi connectivity index (χ3v) is 4.13. The molecule has 0 saturated heterocycles. The first-order chi connectivity index (χ1) is 13.0. The number of rotatable bonds is 6. The van der Waals surface area contributed by atoms with Crippen LogP contribution in [0.3, 0.4) is 0 Å². The van der Waals surface area contributed by atoms with Crippen LogP contribution >= 0.6 is 0 Å². The molecule has 2 aromatic rings.